The Bertz CT molecular complexity index is 162. The van der Waals surface area contributed by atoms with Gasteiger partial charge in [-0.15, -0.1) is 0 Å². The van der Waals surface area contributed by atoms with Crippen LogP contribution < -0.4 is 0 Å². The van der Waals surface area contributed by atoms with Gasteiger partial charge < -0.3 is 14.9 Å². The Morgan fingerprint density at radius 2 is 2.18 bits per heavy atom. The first kappa shape index (κ1) is 10.3. The maximum atomic E-state index is 9.31. The quantitative estimate of drug-likeness (QED) is 0.561. The molecule has 0 saturated heterocycles. The van der Waals surface area contributed by atoms with E-state index >= 15 is 0 Å². The predicted molar refractivity (Wildman–Crippen MR) is 41.7 cm³/mol. The molecule has 2 N–H and O–H groups in total. The van der Waals surface area contributed by atoms with Crippen LogP contribution in [0.3, 0.4) is 0 Å². The summed E-state index contributed by atoms with van der Waals surface area (Å²) in [5.74, 6) is 2.39. The Hall–Kier alpha value is -0.720. The lowest BCUT2D eigenvalue weighted by Gasteiger charge is -2.18. The van der Waals surface area contributed by atoms with Crippen molar-refractivity contribution < 1.29 is 14.9 Å². The zero-order chi connectivity index (χ0) is 8.91. The van der Waals surface area contributed by atoms with Gasteiger partial charge in [0.2, 0.25) is 0 Å². The van der Waals surface area contributed by atoms with E-state index in [1.165, 1.54) is 13.8 Å². The van der Waals surface area contributed by atoms with Crippen LogP contribution in [0.15, 0.2) is 0 Å². The van der Waals surface area contributed by atoms with Crippen LogP contribution in [0.25, 0.3) is 0 Å². The Morgan fingerprint density at radius 3 is 2.55 bits per heavy atom. The van der Waals surface area contributed by atoms with E-state index in [-0.39, 0.29) is 0 Å². The Morgan fingerprint density at radius 1 is 1.64 bits per heavy atom. The first-order chi connectivity index (χ1) is 5.00. The van der Waals surface area contributed by atoms with Gasteiger partial charge in [-0.2, -0.15) is 0 Å². The molecule has 11 heavy (non-hydrogen) atoms. The van der Waals surface area contributed by atoms with Crippen molar-refractivity contribution in [3.8, 4) is 12.0 Å². The number of ether oxygens (including phenoxy) is 1. The van der Waals surface area contributed by atoms with Crippen molar-refractivity contribution in [3.63, 3.8) is 0 Å². The molecule has 0 aliphatic carbocycles. The van der Waals surface area contributed by atoms with E-state index in [0.717, 1.165) is 0 Å². The van der Waals surface area contributed by atoms with Crippen LogP contribution in [0.5, 0.6) is 0 Å². The van der Waals surface area contributed by atoms with Gasteiger partial charge in [-0.3, -0.25) is 0 Å². The van der Waals surface area contributed by atoms with Crippen molar-refractivity contribution in [2.75, 3.05) is 6.61 Å². The molecule has 0 aliphatic rings. The molecule has 0 rings (SSSR count). The van der Waals surface area contributed by atoms with Crippen molar-refractivity contribution in [1.82, 2.24) is 0 Å². The molecular weight excluding hydrogens is 144 g/mol. The van der Waals surface area contributed by atoms with E-state index in [9.17, 15) is 5.11 Å². The molecule has 2 unspecified atom stereocenters. The fraction of sp³-hybridized carbons (Fsp3) is 0.750. The fourth-order valence-electron chi connectivity index (χ4n) is 0.316. The van der Waals surface area contributed by atoms with Crippen LogP contribution in [-0.2, 0) is 4.74 Å². The van der Waals surface area contributed by atoms with Crippen LogP contribution in [-0.4, -0.2) is 28.5 Å². The zero-order valence-corrected chi connectivity index (χ0v) is 7.09. The fourth-order valence-corrected chi connectivity index (χ4v) is 0.316. The third-order valence-electron chi connectivity index (χ3n) is 1.33. The second-order valence-electron chi connectivity index (χ2n) is 2.48. The summed E-state index contributed by atoms with van der Waals surface area (Å²) in [7, 11) is 0. The highest BCUT2D eigenvalue weighted by molar-refractivity contribution is 5.10. The van der Waals surface area contributed by atoms with Gasteiger partial charge in [-0.25, -0.2) is 0 Å². The lowest BCUT2D eigenvalue weighted by Crippen LogP contribution is -2.35. The third-order valence-corrected chi connectivity index (χ3v) is 1.33. The first-order valence-electron chi connectivity index (χ1n) is 3.55. The monoisotopic (exact) mass is 158 g/mol. The smallest absolute Gasteiger partial charge is 0.151 e. The second kappa shape index (κ2) is 4.22. The van der Waals surface area contributed by atoms with E-state index in [4.69, 9.17) is 5.11 Å². The van der Waals surface area contributed by atoms with Crippen molar-refractivity contribution in [2.24, 2.45) is 0 Å². The molecule has 3 heteroatoms. The molecule has 0 radical (unpaired) electrons. The van der Waals surface area contributed by atoms with Crippen LogP contribution >= 0.6 is 0 Å². The molecular formula is C8H14O3. The number of hydrogen-bond donors (Lipinski definition) is 2. The molecule has 3 nitrogen and oxygen atoms in total. The SMILES string of the molecule is CCOC#CC(C)(O)C(C)O. The summed E-state index contributed by atoms with van der Waals surface area (Å²) in [5.41, 5.74) is -1.38. The molecule has 0 aromatic carbocycles. The van der Waals surface area contributed by atoms with Crippen molar-refractivity contribution in [3.05, 3.63) is 0 Å². The van der Waals surface area contributed by atoms with E-state index in [1.54, 1.807) is 6.92 Å². The maximum absolute atomic E-state index is 9.31. The average Bonchev–Trinajstić information content (AvgIpc) is 1.88. The standard InChI is InChI=1S/C8H14O3/c1-4-11-6-5-8(3,10)7(2)9/h7,9-10H,4H2,1-3H3. The minimum absolute atomic E-state index is 0.475. The summed E-state index contributed by atoms with van der Waals surface area (Å²) in [5, 5.41) is 18.3. The van der Waals surface area contributed by atoms with Gasteiger partial charge in [-0.05, 0) is 26.7 Å². The summed E-state index contributed by atoms with van der Waals surface area (Å²) in [6.07, 6.45) is 1.42. The van der Waals surface area contributed by atoms with Crippen LogP contribution in [0, 0.1) is 12.0 Å². The highest BCUT2D eigenvalue weighted by Crippen LogP contribution is 2.06. The van der Waals surface area contributed by atoms with Gasteiger partial charge in [-0.1, -0.05) is 0 Å². The van der Waals surface area contributed by atoms with E-state index < -0.39 is 11.7 Å². The molecule has 0 bridgehead atoms. The lowest BCUT2D eigenvalue weighted by atomic mass is 10.0. The summed E-state index contributed by atoms with van der Waals surface area (Å²) in [6.45, 7) is 5.18. The van der Waals surface area contributed by atoms with Crippen LogP contribution in [0.1, 0.15) is 20.8 Å². The van der Waals surface area contributed by atoms with Crippen molar-refractivity contribution in [1.29, 1.82) is 0 Å². The van der Waals surface area contributed by atoms with Gasteiger partial charge in [0, 0.05) is 0 Å². The molecule has 0 aromatic heterocycles. The normalized spacial score (nSPS) is 17.5. The highest BCUT2D eigenvalue weighted by atomic mass is 16.5. The van der Waals surface area contributed by atoms with Gasteiger partial charge >= 0.3 is 0 Å². The van der Waals surface area contributed by atoms with Gasteiger partial charge in [0.15, 0.2) is 5.60 Å². The molecule has 0 saturated carbocycles. The minimum Gasteiger partial charge on any atom is -0.447 e. The number of hydrogen-bond acceptors (Lipinski definition) is 3. The maximum Gasteiger partial charge on any atom is 0.151 e. The van der Waals surface area contributed by atoms with Crippen LogP contribution in [0.4, 0.5) is 0 Å². The number of aliphatic hydroxyl groups excluding tert-OH is 1. The third kappa shape index (κ3) is 3.87. The minimum atomic E-state index is -1.38. The summed E-state index contributed by atoms with van der Waals surface area (Å²) >= 11 is 0. The molecule has 0 aromatic rings. The van der Waals surface area contributed by atoms with Gasteiger partial charge in [0.1, 0.15) is 6.11 Å². The second-order valence-corrected chi connectivity index (χ2v) is 2.48. The van der Waals surface area contributed by atoms with Crippen molar-refractivity contribution in [2.45, 2.75) is 32.5 Å². The van der Waals surface area contributed by atoms with Crippen molar-refractivity contribution >= 4 is 0 Å². The van der Waals surface area contributed by atoms with Gasteiger partial charge in [0.05, 0.1) is 12.7 Å². The molecule has 0 amide bonds. The molecule has 0 heterocycles. The Labute approximate surface area is 67.0 Å². The van der Waals surface area contributed by atoms with E-state index in [0.29, 0.717) is 6.61 Å². The lowest BCUT2D eigenvalue weighted by molar-refractivity contribution is -0.00853. The highest BCUT2D eigenvalue weighted by Gasteiger charge is 2.23. The average molecular weight is 158 g/mol. The zero-order valence-electron chi connectivity index (χ0n) is 7.09. The summed E-state index contributed by atoms with van der Waals surface area (Å²) in [4.78, 5) is 0. The van der Waals surface area contributed by atoms with Crippen LogP contribution in [0.2, 0.25) is 0 Å². The molecule has 0 spiro atoms. The summed E-state index contributed by atoms with van der Waals surface area (Å²) < 4.78 is 4.69. The Kier molecular flexibility index (Phi) is 3.94. The molecule has 0 fully saturated rings. The first-order valence-corrected chi connectivity index (χ1v) is 3.55. The van der Waals surface area contributed by atoms with E-state index in [2.05, 4.69) is 16.8 Å². The largest absolute Gasteiger partial charge is 0.447 e. The molecule has 2 atom stereocenters. The Balaban J connectivity index is 4.03. The number of rotatable bonds is 2. The topological polar surface area (TPSA) is 49.7 Å². The predicted octanol–water partition coefficient (Wildman–Crippen LogP) is 0.116. The van der Waals surface area contributed by atoms with Gasteiger partial charge in [0.25, 0.3) is 0 Å². The molecule has 0 aliphatic heterocycles. The summed E-state index contributed by atoms with van der Waals surface area (Å²) in [6, 6.07) is 0. The van der Waals surface area contributed by atoms with E-state index in [1.807, 2.05) is 0 Å². The molecule has 64 valence electrons. The number of aliphatic hydroxyl groups is 2.